The van der Waals surface area contributed by atoms with Gasteiger partial charge in [0.05, 0.1) is 16.8 Å². The zero-order valence-corrected chi connectivity index (χ0v) is 20.2. The quantitative estimate of drug-likeness (QED) is 0.360. The number of hydrogen-bond donors (Lipinski definition) is 0. The molecule has 2 amide bonds. The van der Waals surface area contributed by atoms with E-state index in [-0.39, 0.29) is 22.2 Å². The van der Waals surface area contributed by atoms with Gasteiger partial charge in [0, 0.05) is 31.8 Å². The van der Waals surface area contributed by atoms with Crippen LogP contribution in [0, 0.1) is 0 Å². The average Bonchev–Trinajstić information content (AvgIpc) is 3.40. The molecule has 16 heteroatoms. The molecule has 0 radical (unpaired) electrons. The molecule has 8 nitrogen and oxygen atoms in total. The van der Waals surface area contributed by atoms with Crippen LogP contribution in [0.1, 0.15) is 35.8 Å². The van der Waals surface area contributed by atoms with E-state index >= 15 is 0 Å². The molecule has 1 saturated carbocycles. The highest BCUT2D eigenvalue weighted by molar-refractivity contribution is 6.34. The topological polar surface area (TPSA) is 82.2 Å². The molecule has 0 N–H and O–H groups in total. The number of aromatic nitrogens is 4. The zero-order valence-electron chi connectivity index (χ0n) is 19.4. The number of benzene rings is 1. The van der Waals surface area contributed by atoms with Crippen LogP contribution >= 0.6 is 11.6 Å². The highest BCUT2D eigenvalue weighted by atomic mass is 35.5. The molecule has 0 atom stereocenters. The van der Waals surface area contributed by atoms with Gasteiger partial charge in [-0.2, -0.15) is 40.9 Å². The Hall–Kier alpha value is -3.62. The third-order valence-corrected chi connectivity index (χ3v) is 5.96. The molecule has 0 bridgehead atoms. The summed E-state index contributed by atoms with van der Waals surface area (Å²) >= 11 is 6.18. The molecular formula is C22H17ClF7N5O3. The van der Waals surface area contributed by atoms with E-state index in [4.69, 9.17) is 11.6 Å². The van der Waals surface area contributed by atoms with Crippen LogP contribution in [-0.2, 0) is 17.8 Å². The number of rotatable bonds is 7. The molecule has 1 aliphatic carbocycles. The minimum absolute atomic E-state index is 0.0200. The molecule has 1 aromatic carbocycles. The lowest BCUT2D eigenvalue weighted by atomic mass is 10.1. The largest absolute Gasteiger partial charge is 0.459 e. The zero-order chi connectivity index (χ0) is 28.2. The Morgan fingerprint density at radius 2 is 1.82 bits per heavy atom. The summed E-state index contributed by atoms with van der Waals surface area (Å²) < 4.78 is 98.3. The Kier molecular flexibility index (Phi) is 6.93. The molecular weight excluding hydrogens is 551 g/mol. The van der Waals surface area contributed by atoms with Crippen molar-refractivity contribution in [2.75, 3.05) is 0 Å². The molecule has 0 aliphatic heterocycles. The molecule has 0 unspecified atom stereocenters. The van der Waals surface area contributed by atoms with Crippen LogP contribution in [0.5, 0.6) is 5.75 Å². The van der Waals surface area contributed by atoms with Gasteiger partial charge in [0.1, 0.15) is 0 Å². The molecule has 2 heterocycles. The van der Waals surface area contributed by atoms with Gasteiger partial charge in [-0.05, 0) is 30.5 Å². The van der Waals surface area contributed by atoms with Gasteiger partial charge in [0.15, 0.2) is 17.3 Å². The number of aryl methyl sites for hydroxylation is 1. The van der Waals surface area contributed by atoms with Gasteiger partial charge in [0.25, 0.3) is 5.91 Å². The SMILES string of the molecule is CC(=O)N(C(=O)c1cc(-c2cnn(-c3c(OC(F)F)c(C(F)(F)C(F)(F)F)nn3C)c2)ccc1Cl)C1CC1. The van der Waals surface area contributed by atoms with Crippen molar-refractivity contribution in [3.05, 3.63) is 46.9 Å². The van der Waals surface area contributed by atoms with E-state index in [2.05, 4.69) is 14.9 Å². The van der Waals surface area contributed by atoms with Crippen molar-refractivity contribution in [2.45, 2.75) is 44.5 Å². The third-order valence-electron chi connectivity index (χ3n) is 5.63. The van der Waals surface area contributed by atoms with Gasteiger partial charge >= 0.3 is 18.7 Å². The van der Waals surface area contributed by atoms with Crippen LogP contribution in [-0.4, -0.2) is 55.1 Å². The summed E-state index contributed by atoms with van der Waals surface area (Å²) in [6.45, 7) is -2.52. The van der Waals surface area contributed by atoms with Crippen molar-refractivity contribution in [3.63, 3.8) is 0 Å². The Bertz CT molecular complexity index is 1400. The molecule has 0 saturated heterocycles. The summed E-state index contributed by atoms with van der Waals surface area (Å²) in [7, 11) is 0.943. The number of nitrogens with zero attached hydrogens (tertiary/aromatic N) is 5. The molecule has 38 heavy (non-hydrogen) atoms. The fourth-order valence-electron chi connectivity index (χ4n) is 3.77. The molecule has 1 aliphatic rings. The van der Waals surface area contributed by atoms with Crippen LogP contribution in [0.2, 0.25) is 5.02 Å². The summed E-state index contributed by atoms with van der Waals surface area (Å²) in [6, 6.07) is 3.92. The number of imide groups is 1. The van der Waals surface area contributed by atoms with Crippen molar-refractivity contribution >= 4 is 23.4 Å². The van der Waals surface area contributed by atoms with Gasteiger partial charge in [-0.3, -0.25) is 14.5 Å². The van der Waals surface area contributed by atoms with E-state index in [1.165, 1.54) is 25.1 Å². The van der Waals surface area contributed by atoms with Crippen molar-refractivity contribution in [1.82, 2.24) is 24.5 Å². The van der Waals surface area contributed by atoms with Crippen molar-refractivity contribution < 1.29 is 45.1 Å². The van der Waals surface area contributed by atoms with Gasteiger partial charge in [-0.15, -0.1) is 0 Å². The molecule has 204 valence electrons. The Labute approximate surface area is 214 Å². The lowest BCUT2D eigenvalue weighted by Crippen LogP contribution is -2.37. The van der Waals surface area contributed by atoms with Gasteiger partial charge in [0.2, 0.25) is 5.91 Å². The third kappa shape index (κ3) is 4.93. The number of halogens is 8. The minimum Gasteiger partial charge on any atom is -0.428 e. The molecule has 2 aromatic heterocycles. The maximum absolute atomic E-state index is 14.1. The molecule has 3 aromatic rings. The number of alkyl halides is 7. The van der Waals surface area contributed by atoms with E-state index in [0.717, 1.165) is 29.0 Å². The summed E-state index contributed by atoms with van der Waals surface area (Å²) in [5, 5.41) is 7.00. The van der Waals surface area contributed by atoms with Gasteiger partial charge in [-0.1, -0.05) is 17.7 Å². The average molecular weight is 568 g/mol. The van der Waals surface area contributed by atoms with Gasteiger partial charge < -0.3 is 4.74 Å². The van der Waals surface area contributed by atoms with Crippen molar-refractivity contribution in [2.24, 2.45) is 7.05 Å². The number of hydrogen-bond acceptors (Lipinski definition) is 5. The predicted octanol–water partition coefficient (Wildman–Crippen LogP) is 5.33. The van der Waals surface area contributed by atoms with E-state index in [9.17, 15) is 40.3 Å². The predicted molar refractivity (Wildman–Crippen MR) is 117 cm³/mol. The highest BCUT2D eigenvalue weighted by Gasteiger charge is 2.62. The number of carbonyl (C=O) groups is 2. The lowest BCUT2D eigenvalue weighted by Gasteiger charge is -2.19. The first-order chi connectivity index (χ1) is 17.6. The lowest BCUT2D eigenvalue weighted by molar-refractivity contribution is -0.291. The molecule has 0 spiro atoms. The van der Waals surface area contributed by atoms with Crippen molar-refractivity contribution in [1.29, 1.82) is 0 Å². The second-order valence-electron chi connectivity index (χ2n) is 8.37. The number of amides is 2. The molecule has 1 fully saturated rings. The maximum Gasteiger partial charge on any atom is 0.459 e. The van der Waals surface area contributed by atoms with Crippen LogP contribution in [0.4, 0.5) is 30.7 Å². The van der Waals surface area contributed by atoms with Crippen LogP contribution in [0.3, 0.4) is 0 Å². The first kappa shape index (κ1) is 27.4. The normalized spacial score (nSPS) is 14.2. The monoisotopic (exact) mass is 567 g/mol. The maximum atomic E-state index is 14.1. The number of carbonyl (C=O) groups excluding carboxylic acids is 2. The Balaban J connectivity index is 1.76. The van der Waals surface area contributed by atoms with E-state index < -0.39 is 47.8 Å². The summed E-state index contributed by atoms with van der Waals surface area (Å²) in [5.41, 5.74) is -1.59. The van der Waals surface area contributed by atoms with E-state index in [1.807, 2.05) is 0 Å². The second-order valence-corrected chi connectivity index (χ2v) is 8.78. The van der Waals surface area contributed by atoms with Crippen LogP contribution in [0.25, 0.3) is 16.9 Å². The van der Waals surface area contributed by atoms with Crippen LogP contribution in [0.15, 0.2) is 30.6 Å². The fraction of sp³-hybridized carbons (Fsp3) is 0.364. The standard InChI is InChI=1S/C22H17ClF7N5O3/c1-10(36)35(13-4-5-13)19(37)14-7-11(3-6-15(14)23)12-8-31-34(9-12)18-16(38-20(24)25)17(32-33(18)2)21(26,27)22(28,29)30/h3,6-9,13,20H,4-5H2,1-2H3. The van der Waals surface area contributed by atoms with E-state index in [0.29, 0.717) is 23.1 Å². The number of ether oxygens (including phenoxy) is 1. The van der Waals surface area contributed by atoms with Crippen molar-refractivity contribution in [3.8, 4) is 22.7 Å². The second kappa shape index (κ2) is 9.60. The summed E-state index contributed by atoms with van der Waals surface area (Å²) in [6.07, 6.45) is -2.58. The van der Waals surface area contributed by atoms with Gasteiger partial charge in [-0.25, -0.2) is 9.36 Å². The fourth-order valence-corrected chi connectivity index (χ4v) is 3.97. The minimum atomic E-state index is -6.14. The first-order valence-electron chi connectivity index (χ1n) is 10.8. The Morgan fingerprint density at radius 3 is 2.37 bits per heavy atom. The Morgan fingerprint density at radius 1 is 1.16 bits per heavy atom. The summed E-state index contributed by atoms with van der Waals surface area (Å²) in [5.74, 6) is -8.98. The van der Waals surface area contributed by atoms with Crippen LogP contribution < -0.4 is 4.74 Å². The smallest absolute Gasteiger partial charge is 0.428 e. The van der Waals surface area contributed by atoms with E-state index in [1.54, 1.807) is 0 Å². The summed E-state index contributed by atoms with van der Waals surface area (Å²) in [4.78, 5) is 26.1. The molecule has 4 rings (SSSR count). The first-order valence-corrected chi connectivity index (χ1v) is 11.2. The highest BCUT2D eigenvalue weighted by Crippen LogP contribution is 2.48.